The van der Waals surface area contributed by atoms with Gasteiger partial charge in [-0.2, -0.15) is 0 Å². The summed E-state index contributed by atoms with van der Waals surface area (Å²) < 4.78 is 5.68. The molecule has 1 N–H and O–H groups in total. The molecule has 0 amide bonds. The number of nitrogens with one attached hydrogen (secondary N) is 1. The minimum absolute atomic E-state index is 0.451. The predicted molar refractivity (Wildman–Crippen MR) is 74.5 cm³/mol. The van der Waals surface area contributed by atoms with Gasteiger partial charge in [0.15, 0.2) is 0 Å². The molecule has 104 valence electrons. The number of hydrogen-bond donors (Lipinski definition) is 1. The first-order valence-corrected chi connectivity index (χ1v) is 7.78. The van der Waals surface area contributed by atoms with E-state index in [1.54, 1.807) is 0 Å². The van der Waals surface area contributed by atoms with Crippen LogP contribution >= 0.6 is 0 Å². The van der Waals surface area contributed by atoms with Gasteiger partial charge in [-0.3, -0.25) is 0 Å². The zero-order chi connectivity index (χ0) is 13.0. The van der Waals surface area contributed by atoms with Crippen molar-refractivity contribution in [1.29, 1.82) is 0 Å². The highest BCUT2D eigenvalue weighted by molar-refractivity contribution is 5.12. The predicted octanol–water partition coefficient (Wildman–Crippen LogP) is 3.22. The SMILES string of the molecule is CC1OCCC1CNC1C2(C)CCC(C2)C1(C)C. The molecule has 0 aromatic heterocycles. The topological polar surface area (TPSA) is 21.3 Å². The molecular formula is C16H29NO. The monoisotopic (exact) mass is 251 g/mol. The fraction of sp³-hybridized carbons (Fsp3) is 1.00. The molecule has 18 heavy (non-hydrogen) atoms. The Balaban J connectivity index is 1.65. The highest BCUT2D eigenvalue weighted by Crippen LogP contribution is 2.62. The van der Waals surface area contributed by atoms with E-state index in [0.717, 1.165) is 25.0 Å². The average Bonchev–Trinajstić information content (AvgIpc) is 2.90. The van der Waals surface area contributed by atoms with Gasteiger partial charge in [0.05, 0.1) is 6.10 Å². The third kappa shape index (κ3) is 1.84. The Bertz CT molecular complexity index is 322. The van der Waals surface area contributed by atoms with Crippen molar-refractivity contribution in [2.75, 3.05) is 13.2 Å². The van der Waals surface area contributed by atoms with Gasteiger partial charge < -0.3 is 10.1 Å². The third-order valence-electron chi connectivity index (χ3n) is 6.39. The summed E-state index contributed by atoms with van der Waals surface area (Å²) in [6.07, 6.45) is 6.00. The zero-order valence-corrected chi connectivity index (χ0v) is 12.5. The molecule has 0 spiro atoms. The van der Waals surface area contributed by atoms with Crippen LogP contribution in [0.15, 0.2) is 0 Å². The molecule has 1 aliphatic heterocycles. The second-order valence-electron chi connectivity index (χ2n) is 7.88. The van der Waals surface area contributed by atoms with E-state index in [0.29, 0.717) is 23.0 Å². The first kappa shape index (κ1) is 12.9. The molecule has 2 nitrogen and oxygen atoms in total. The van der Waals surface area contributed by atoms with Crippen molar-refractivity contribution in [3.8, 4) is 0 Å². The van der Waals surface area contributed by atoms with Crippen LogP contribution in [0.4, 0.5) is 0 Å². The maximum Gasteiger partial charge on any atom is 0.0588 e. The van der Waals surface area contributed by atoms with Crippen LogP contribution in [0.2, 0.25) is 0 Å². The second kappa shape index (κ2) is 4.21. The van der Waals surface area contributed by atoms with Gasteiger partial charge in [-0.1, -0.05) is 20.8 Å². The van der Waals surface area contributed by atoms with E-state index in [1.807, 2.05) is 0 Å². The average molecular weight is 251 g/mol. The second-order valence-corrected chi connectivity index (χ2v) is 7.88. The number of ether oxygens (including phenoxy) is 1. The molecule has 1 saturated heterocycles. The molecule has 2 saturated carbocycles. The van der Waals surface area contributed by atoms with E-state index in [9.17, 15) is 0 Å². The third-order valence-corrected chi connectivity index (χ3v) is 6.39. The van der Waals surface area contributed by atoms with Crippen molar-refractivity contribution in [2.45, 2.75) is 65.5 Å². The summed E-state index contributed by atoms with van der Waals surface area (Å²) in [7, 11) is 0. The molecule has 0 radical (unpaired) electrons. The molecule has 2 heteroatoms. The largest absolute Gasteiger partial charge is 0.378 e. The van der Waals surface area contributed by atoms with E-state index in [2.05, 4.69) is 33.0 Å². The van der Waals surface area contributed by atoms with Gasteiger partial charge in [-0.05, 0) is 55.3 Å². The fourth-order valence-electron chi connectivity index (χ4n) is 5.12. The van der Waals surface area contributed by atoms with E-state index < -0.39 is 0 Å². The van der Waals surface area contributed by atoms with Crippen LogP contribution in [0.25, 0.3) is 0 Å². The summed E-state index contributed by atoms with van der Waals surface area (Å²) in [5.74, 6) is 1.67. The van der Waals surface area contributed by atoms with Gasteiger partial charge in [0.2, 0.25) is 0 Å². The summed E-state index contributed by atoms with van der Waals surface area (Å²) in [5.41, 5.74) is 1.03. The minimum Gasteiger partial charge on any atom is -0.378 e. The Morgan fingerprint density at radius 1 is 1.22 bits per heavy atom. The zero-order valence-electron chi connectivity index (χ0n) is 12.5. The van der Waals surface area contributed by atoms with Crippen LogP contribution in [0.3, 0.4) is 0 Å². The van der Waals surface area contributed by atoms with Crippen LogP contribution in [-0.4, -0.2) is 25.3 Å². The molecule has 3 rings (SSSR count). The standard InChI is InChI=1S/C16H29NO/c1-11-12(6-8-18-11)10-17-14-15(2,3)13-5-7-16(14,4)9-13/h11-14,17H,5-10H2,1-4H3. The molecule has 2 bridgehead atoms. The van der Waals surface area contributed by atoms with Gasteiger partial charge >= 0.3 is 0 Å². The summed E-state index contributed by atoms with van der Waals surface area (Å²) in [5, 5.41) is 3.94. The van der Waals surface area contributed by atoms with Crippen LogP contribution in [-0.2, 0) is 4.74 Å². The van der Waals surface area contributed by atoms with Gasteiger partial charge in [0, 0.05) is 19.2 Å². The lowest BCUT2D eigenvalue weighted by atomic mass is 9.68. The van der Waals surface area contributed by atoms with Crippen molar-refractivity contribution >= 4 is 0 Å². The molecule has 5 atom stereocenters. The lowest BCUT2D eigenvalue weighted by Gasteiger charge is -2.44. The van der Waals surface area contributed by atoms with Crippen molar-refractivity contribution in [3.05, 3.63) is 0 Å². The van der Waals surface area contributed by atoms with Crippen molar-refractivity contribution in [3.63, 3.8) is 0 Å². The molecule has 2 aliphatic carbocycles. The molecule has 3 fully saturated rings. The maximum atomic E-state index is 5.68. The smallest absolute Gasteiger partial charge is 0.0588 e. The normalized spacial score (nSPS) is 50.0. The van der Waals surface area contributed by atoms with Gasteiger partial charge in [-0.15, -0.1) is 0 Å². The van der Waals surface area contributed by atoms with Crippen LogP contribution in [0.1, 0.15) is 53.4 Å². The quantitative estimate of drug-likeness (QED) is 0.831. The molecule has 3 aliphatic rings. The van der Waals surface area contributed by atoms with Crippen molar-refractivity contribution in [2.24, 2.45) is 22.7 Å². The molecular weight excluding hydrogens is 222 g/mol. The Hall–Kier alpha value is -0.0800. The number of hydrogen-bond acceptors (Lipinski definition) is 2. The van der Waals surface area contributed by atoms with E-state index in [1.165, 1.54) is 25.7 Å². The maximum absolute atomic E-state index is 5.68. The van der Waals surface area contributed by atoms with Crippen molar-refractivity contribution < 1.29 is 4.74 Å². The Kier molecular flexibility index (Phi) is 3.02. The van der Waals surface area contributed by atoms with Crippen LogP contribution < -0.4 is 5.32 Å². The number of fused-ring (bicyclic) bond motifs is 2. The summed E-state index contributed by atoms with van der Waals surface area (Å²) in [6, 6.07) is 0.705. The molecule has 0 aromatic rings. The summed E-state index contributed by atoms with van der Waals surface area (Å²) in [4.78, 5) is 0. The van der Waals surface area contributed by atoms with E-state index in [-0.39, 0.29) is 0 Å². The highest BCUT2D eigenvalue weighted by atomic mass is 16.5. The Labute approximate surface area is 112 Å². The lowest BCUT2D eigenvalue weighted by Crippen LogP contribution is -2.51. The van der Waals surface area contributed by atoms with Crippen molar-refractivity contribution in [1.82, 2.24) is 5.32 Å². The first-order chi connectivity index (χ1) is 8.43. The summed E-state index contributed by atoms with van der Waals surface area (Å²) >= 11 is 0. The summed E-state index contributed by atoms with van der Waals surface area (Å²) in [6.45, 7) is 11.8. The molecule has 1 heterocycles. The molecule has 5 unspecified atom stereocenters. The van der Waals surface area contributed by atoms with Gasteiger partial charge in [-0.25, -0.2) is 0 Å². The van der Waals surface area contributed by atoms with Gasteiger partial charge in [0.1, 0.15) is 0 Å². The first-order valence-electron chi connectivity index (χ1n) is 7.78. The highest BCUT2D eigenvalue weighted by Gasteiger charge is 2.59. The minimum atomic E-state index is 0.451. The Morgan fingerprint density at radius 2 is 2.00 bits per heavy atom. The number of rotatable bonds is 3. The Morgan fingerprint density at radius 3 is 2.56 bits per heavy atom. The fourth-order valence-corrected chi connectivity index (χ4v) is 5.12. The van der Waals surface area contributed by atoms with Crippen LogP contribution in [0.5, 0.6) is 0 Å². The van der Waals surface area contributed by atoms with E-state index >= 15 is 0 Å². The van der Waals surface area contributed by atoms with E-state index in [4.69, 9.17) is 4.74 Å². The lowest BCUT2D eigenvalue weighted by molar-refractivity contribution is 0.0851. The van der Waals surface area contributed by atoms with Gasteiger partial charge in [0.25, 0.3) is 0 Å². The molecule has 0 aromatic carbocycles. The van der Waals surface area contributed by atoms with Crippen LogP contribution in [0, 0.1) is 22.7 Å².